The fraction of sp³-hybridized carbons (Fsp3) is 0.200. The van der Waals surface area contributed by atoms with E-state index in [0.29, 0.717) is 49.9 Å². The van der Waals surface area contributed by atoms with E-state index in [1.807, 2.05) is 72.5 Å². The van der Waals surface area contributed by atoms with Gasteiger partial charge in [-0.25, -0.2) is 4.98 Å². The molecule has 0 radical (unpaired) electrons. The van der Waals surface area contributed by atoms with Crippen molar-refractivity contribution in [2.45, 2.75) is 19.9 Å². The van der Waals surface area contributed by atoms with Crippen LogP contribution in [-0.4, -0.2) is 40.1 Å². The molecule has 9 heteroatoms. The molecule has 196 valence electrons. The lowest BCUT2D eigenvalue weighted by Gasteiger charge is -2.38. The number of ether oxygens (including phenoxy) is 1. The van der Waals surface area contributed by atoms with Crippen molar-refractivity contribution in [3.05, 3.63) is 95.5 Å². The third-order valence-electron chi connectivity index (χ3n) is 6.99. The largest absolute Gasteiger partial charge is 0.489 e. The van der Waals surface area contributed by atoms with E-state index >= 15 is 0 Å². The molecule has 0 fully saturated rings. The van der Waals surface area contributed by atoms with Gasteiger partial charge in [-0.1, -0.05) is 36.9 Å². The minimum absolute atomic E-state index is 0.151. The van der Waals surface area contributed by atoms with Gasteiger partial charge in [0.2, 0.25) is 5.95 Å². The summed E-state index contributed by atoms with van der Waals surface area (Å²) in [5, 5.41) is 3.98. The Hall–Kier alpha value is -4.92. The zero-order valence-corrected chi connectivity index (χ0v) is 21.6. The van der Waals surface area contributed by atoms with Crippen LogP contribution in [0.15, 0.2) is 84.3 Å². The molecule has 2 aliphatic rings. The number of hydrogen-bond acceptors (Lipinski definition) is 7. The van der Waals surface area contributed by atoms with Crippen molar-refractivity contribution < 1.29 is 9.53 Å². The summed E-state index contributed by atoms with van der Waals surface area (Å²) in [4.78, 5) is 39.7. The van der Waals surface area contributed by atoms with Gasteiger partial charge in [-0.3, -0.25) is 14.2 Å². The Morgan fingerprint density at radius 2 is 1.95 bits per heavy atom. The number of anilines is 5. The van der Waals surface area contributed by atoms with Crippen LogP contribution < -0.4 is 25.4 Å². The zero-order chi connectivity index (χ0) is 26.9. The zero-order valence-electron chi connectivity index (χ0n) is 21.6. The Bertz CT molecular complexity index is 1690. The third-order valence-corrected chi connectivity index (χ3v) is 6.99. The first-order valence-electron chi connectivity index (χ1n) is 12.9. The van der Waals surface area contributed by atoms with E-state index in [4.69, 9.17) is 9.72 Å². The third kappa shape index (κ3) is 4.52. The van der Waals surface area contributed by atoms with Crippen LogP contribution in [0.25, 0.3) is 11.0 Å². The quantitative estimate of drug-likeness (QED) is 0.298. The number of hydrogen-bond donors (Lipinski definition) is 1. The van der Waals surface area contributed by atoms with Crippen LogP contribution in [0.4, 0.5) is 28.7 Å². The molecule has 1 amide bonds. The number of carbonyl (C=O) groups excluding carboxylic acids is 1. The van der Waals surface area contributed by atoms with E-state index in [-0.39, 0.29) is 11.5 Å². The standard InChI is InChI=1S/C30H28N6O3/c1-3-26(37)35-15-14-34(24-12-7-9-20(2)27(24)35)25-17-21-19-31-30-32-22-10-8-11-23(18-22)39-16-6-4-5-13-36(29(25)38)28(21)33-30/h3-4,6-12,17-19H,1,5,13-16H2,2H3,(H,31,32,33)/b6-4-. The highest BCUT2D eigenvalue weighted by Crippen LogP contribution is 2.39. The van der Waals surface area contributed by atoms with Gasteiger partial charge in [0.25, 0.3) is 11.5 Å². The summed E-state index contributed by atoms with van der Waals surface area (Å²) >= 11 is 0. The maximum atomic E-state index is 14.1. The lowest BCUT2D eigenvalue weighted by molar-refractivity contribution is -0.114. The van der Waals surface area contributed by atoms with E-state index in [1.165, 1.54) is 6.08 Å². The Labute approximate surface area is 225 Å². The second kappa shape index (κ2) is 10.1. The number of pyridine rings is 1. The van der Waals surface area contributed by atoms with Gasteiger partial charge >= 0.3 is 0 Å². The molecule has 9 nitrogen and oxygen atoms in total. The monoisotopic (exact) mass is 520 g/mol. The van der Waals surface area contributed by atoms with Crippen molar-refractivity contribution in [2.24, 2.45) is 0 Å². The minimum atomic E-state index is -0.163. The van der Waals surface area contributed by atoms with E-state index in [9.17, 15) is 9.59 Å². The van der Waals surface area contributed by atoms with Crippen LogP contribution in [0.2, 0.25) is 0 Å². The molecule has 2 aliphatic heterocycles. The van der Waals surface area contributed by atoms with E-state index in [2.05, 4.69) is 16.9 Å². The number of aromatic nitrogens is 3. The van der Waals surface area contributed by atoms with Crippen LogP contribution in [0, 0.1) is 6.92 Å². The molecular formula is C30H28N6O3. The molecule has 4 heterocycles. The molecule has 0 saturated carbocycles. The van der Waals surface area contributed by atoms with Gasteiger partial charge < -0.3 is 19.9 Å². The second-order valence-corrected chi connectivity index (χ2v) is 9.47. The predicted octanol–water partition coefficient (Wildman–Crippen LogP) is 4.85. The Balaban J connectivity index is 1.49. The van der Waals surface area contributed by atoms with Crippen LogP contribution in [0.1, 0.15) is 12.0 Å². The Kier molecular flexibility index (Phi) is 6.32. The van der Waals surface area contributed by atoms with Crippen LogP contribution in [0.5, 0.6) is 5.75 Å². The molecule has 0 aliphatic carbocycles. The van der Waals surface area contributed by atoms with Gasteiger partial charge in [-0.05, 0) is 49.2 Å². The molecule has 39 heavy (non-hydrogen) atoms. The number of rotatable bonds is 2. The summed E-state index contributed by atoms with van der Waals surface area (Å²) in [5.74, 6) is 0.976. The molecule has 4 aromatic rings. The first-order chi connectivity index (χ1) is 19.0. The van der Waals surface area contributed by atoms with E-state index in [0.717, 1.165) is 33.8 Å². The first-order valence-corrected chi connectivity index (χ1v) is 12.9. The van der Waals surface area contributed by atoms with Gasteiger partial charge in [0.05, 0.1) is 11.4 Å². The SMILES string of the molecule is C=CC(=O)N1CCN(c2cc3cnc4nc3n(c2=O)CC/C=C\COc2cccc(c2)N4)c2cccc(C)c21. The van der Waals surface area contributed by atoms with Crippen molar-refractivity contribution in [1.82, 2.24) is 14.5 Å². The van der Waals surface area contributed by atoms with Gasteiger partial charge in [-0.15, -0.1) is 0 Å². The minimum Gasteiger partial charge on any atom is -0.489 e. The fourth-order valence-electron chi connectivity index (χ4n) is 5.16. The average molecular weight is 521 g/mol. The smallest absolute Gasteiger partial charge is 0.276 e. The second-order valence-electron chi connectivity index (χ2n) is 9.47. The fourth-order valence-corrected chi connectivity index (χ4v) is 5.16. The highest BCUT2D eigenvalue weighted by molar-refractivity contribution is 6.05. The van der Waals surface area contributed by atoms with E-state index in [1.54, 1.807) is 15.7 Å². The van der Waals surface area contributed by atoms with Crippen molar-refractivity contribution in [2.75, 3.05) is 34.8 Å². The van der Waals surface area contributed by atoms with Crippen molar-refractivity contribution in [1.29, 1.82) is 0 Å². The van der Waals surface area contributed by atoms with Gasteiger partial charge in [0, 0.05) is 43.0 Å². The molecule has 2 aromatic heterocycles. The number of nitrogens with zero attached hydrogens (tertiary/aromatic N) is 5. The molecule has 0 spiro atoms. The van der Waals surface area contributed by atoms with Crippen molar-refractivity contribution in [3.8, 4) is 5.75 Å². The molecule has 0 atom stereocenters. The van der Waals surface area contributed by atoms with Crippen LogP contribution in [-0.2, 0) is 11.3 Å². The summed E-state index contributed by atoms with van der Waals surface area (Å²) in [7, 11) is 0. The maximum absolute atomic E-state index is 14.1. The molecule has 0 unspecified atom stereocenters. The van der Waals surface area contributed by atoms with Gasteiger partial charge in [-0.2, -0.15) is 4.98 Å². The lowest BCUT2D eigenvalue weighted by atomic mass is 10.1. The molecule has 6 rings (SSSR count). The van der Waals surface area contributed by atoms with E-state index < -0.39 is 0 Å². The Morgan fingerprint density at radius 3 is 2.82 bits per heavy atom. The summed E-state index contributed by atoms with van der Waals surface area (Å²) in [6, 6.07) is 15.3. The lowest BCUT2D eigenvalue weighted by Crippen LogP contribution is -2.44. The van der Waals surface area contributed by atoms with Crippen LogP contribution >= 0.6 is 0 Å². The maximum Gasteiger partial charge on any atom is 0.276 e. The highest BCUT2D eigenvalue weighted by Gasteiger charge is 2.30. The number of fused-ring (bicyclic) bond motifs is 4. The molecule has 0 saturated heterocycles. The topological polar surface area (TPSA) is 92.6 Å². The average Bonchev–Trinajstić information content (AvgIpc) is 2.95. The number of allylic oxidation sites excluding steroid dienone is 1. The predicted molar refractivity (Wildman–Crippen MR) is 154 cm³/mol. The normalized spacial score (nSPS) is 15.6. The number of aryl methyl sites for hydroxylation is 2. The number of amides is 1. The van der Waals surface area contributed by atoms with Gasteiger partial charge in [0.1, 0.15) is 23.7 Å². The Morgan fingerprint density at radius 1 is 1.08 bits per heavy atom. The summed E-state index contributed by atoms with van der Waals surface area (Å²) in [6.07, 6.45) is 7.66. The first kappa shape index (κ1) is 24.4. The van der Waals surface area contributed by atoms with Crippen molar-refractivity contribution in [3.63, 3.8) is 0 Å². The number of para-hydroxylation sites is 1. The molecular weight excluding hydrogens is 492 g/mol. The number of nitrogens with one attached hydrogen (secondary N) is 1. The summed E-state index contributed by atoms with van der Waals surface area (Å²) in [5.41, 5.74) is 4.26. The number of carbonyl (C=O) groups is 1. The van der Waals surface area contributed by atoms with Gasteiger partial charge in [0.15, 0.2) is 0 Å². The van der Waals surface area contributed by atoms with Crippen LogP contribution in [0.3, 0.4) is 0 Å². The summed E-state index contributed by atoms with van der Waals surface area (Å²) < 4.78 is 7.54. The molecule has 2 aromatic carbocycles. The summed E-state index contributed by atoms with van der Waals surface area (Å²) in [6.45, 7) is 7.40. The molecule has 4 bridgehead atoms. The van der Waals surface area contributed by atoms with Crippen molar-refractivity contribution >= 4 is 45.6 Å². The number of benzene rings is 2. The highest BCUT2D eigenvalue weighted by atomic mass is 16.5. The molecule has 1 N–H and O–H groups in total.